The number of hydrogen-bond acceptors (Lipinski definition) is 2. The van der Waals surface area contributed by atoms with Gasteiger partial charge in [0.25, 0.3) is 0 Å². The van der Waals surface area contributed by atoms with Gasteiger partial charge in [-0.15, -0.1) is 0 Å². The summed E-state index contributed by atoms with van der Waals surface area (Å²) in [5.74, 6) is 2.30. The van der Waals surface area contributed by atoms with Gasteiger partial charge in [-0.25, -0.2) is 0 Å². The highest BCUT2D eigenvalue weighted by Gasteiger charge is 2.20. The van der Waals surface area contributed by atoms with Crippen LogP contribution >= 0.6 is 0 Å². The molecule has 122 valence electrons. The molecule has 2 nitrogen and oxygen atoms in total. The molecule has 0 aliphatic carbocycles. The molecule has 2 heteroatoms. The second-order valence-corrected chi connectivity index (χ2v) is 7.68. The molecule has 20 heavy (non-hydrogen) atoms. The maximum Gasteiger partial charge on any atom is 0.0105 e. The van der Waals surface area contributed by atoms with Crippen molar-refractivity contribution in [2.45, 2.75) is 80.3 Å². The fourth-order valence-electron chi connectivity index (χ4n) is 2.32. The van der Waals surface area contributed by atoms with Gasteiger partial charge in [0.15, 0.2) is 0 Å². The SMILES string of the molecule is CC(C)CCN(CCC(C)C)C(C)C(C)CNC(C)C. The predicted molar refractivity (Wildman–Crippen MR) is 92.2 cm³/mol. The molecule has 0 saturated carbocycles. The van der Waals surface area contributed by atoms with E-state index in [-0.39, 0.29) is 0 Å². The van der Waals surface area contributed by atoms with E-state index in [2.05, 4.69) is 65.6 Å². The molecule has 0 rings (SSSR count). The van der Waals surface area contributed by atoms with Crippen LogP contribution in [0.25, 0.3) is 0 Å². The highest BCUT2D eigenvalue weighted by atomic mass is 15.2. The molecule has 0 aromatic heterocycles. The lowest BCUT2D eigenvalue weighted by Crippen LogP contribution is -2.43. The van der Waals surface area contributed by atoms with E-state index >= 15 is 0 Å². The maximum atomic E-state index is 3.58. The lowest BCUT2D eigenvalue weighted by molar-refractivity contribution is 0.143. The zero-order valence-electron chi connectivity index (χ0n) is 15.4. The van der Waals surface area contributed by atoms with Crippen LogP contribution in [0.3, 0.4) is 0 Å². The number of nitrogens with one attached hydrogen (secondary N) is 1. The fraction of sp³-hybridized carbons (Fsp3) is 1.00. The van der Waals surface area contributed by atoms with Gasteiger partial charge >= 0.3 is 0 Å². The average molecular weight is 285 g/mol. The van der Waals surface area contributed by atoms with Crippen LogP contribution in [-0.2, 0) is 0 Å². The third-order valence-electron chi connectivity index (χ3n) is 4.23. The van der Waals surface area contributed by atoms with Gasteiger partial charge in [-0.05, 0) is 57.2 Å². The second kappa shape index (κ2) is 10.6. The van der Waals surface area contributed by atoms with E-state index in [1.54, 1.807) is 0 Å². The number of hydrogen-bond donors (Lipinski definition) is 1. The summed E-state index contributed by atoms with van der Waals surface area (Å²) < 4.78 is 0. The minimum absolute atomic E-state index is 0.587. The summed E-state index contributed by atoms with van der Waals surface area (Å²) in [6.45, 7) is 22.2. The highest BCUT2D eigenvalue weighted by Crippen LogP contribution is 2.15. The first kappa shape index (κ1) is 19.9. The first-order chi connectivity index (χ1) is 9.23. The topological polar surface area (TPSA) is 15.3 Å². The van der Waals surface area contributed by atoms with Crippen LogP contribution in [0, 0.1) is 17.8 Å². The maximum absolute atomic E-state index is 3.58. The highest BCUT2D eigenvalue weighted by molar-refractivity contribution is 4.76. The molecule has 1 N–H and O–H groups in total. The Hall–Kier alpha value is -0.0800. The van der Waals surface area contributed by atoms with Crippen LogP contribution in [-0.4, -0.2) is 36.6 Å². The molecule has 0 saturated heterocycles. The normalized spacial score (nSPS) is 15.6. The van der Waals surface area contributed by atoms with Crippen molar-refractivity contribution in [1.29, 1.82) is 0 Å². The van der Waals surface area contributed by atoms with E-state index in [9.17, 15) is 0 Å². The molecule has 0 radical (unpaired) electrons. The van der Waals surface area contributed by atoms with E-state index in [0.29, 0.717) is 18.0 Å². The van der Waals surface area contributed by atoms with Crippen molar-refractivity contribution in [3.8, 4) is 0 Å². The third-order valence-corrected chi connectivity index (χ3v) is 4.23. The summed E-state index contributed by atoms with van der Waals surface area (Å²) in [6, 6.07) is 1.25. The zero-order valence-corrected chi connectivity index (χ0v) is 15.4. The monoisotopic (exact) mass is 284 g/mol. The molecule has 2 unspecified atom stereocenters. The summed E-state index contributed by atoms with van der Waals surface area (Å²) in [5, 5.41) is 3.58. The van der Waals surface area contributed by atoms with Gasteiger partial charge in [0, 0.05) is 12.1 Å². The Labute approximate surface area is 128 Å². The van der Waals surface area contributed by atoms with E-state index < -0.39 is 0 Å². The van der Waals surface area contributed by atoms with Gasteiger partial charge in [-0.1, -0.05) is 48.5 Å². The summed E-state index contributed by atoms with van der Waals surface area (Å²) in [6.07, 6.45) is 2.62. The van der Waals surface area contributed by atoms with E-state index in [0.717, 1.165) is 18.4 Å². The second-order valence-electron chi connectivity index (χ2n) is 7.68. The standard InChI is InChI=1S/C18H40N2/c1-14(2)9-11-20(12-10-15(3)4)18(8)17(7)13-19-16(5)6/h14-19H,9-13H2,1-8H3. The molecule has 0 aromatic carbocycles. The molecule has 0 bridgehead atoms. The summed E-state index contributed by atoms with van der Waals surface area (Å²) in [7, 11) is 0. The molecule has 0 amide bonds. The molecule has 0 fully saturated rings. The number of nitrogens with zero attached hydrogens (tertiary/aromatic N) is 1. The van der Waals surface area contributed by atoms with Gasteiger partial charge in [-0.3, -0.25) is 0 Å². The summed E-state index contributed by atoms with van der Waals surface area (Å²) in [4.78, 5) is 2.71. The molecule has 2 atom stereocenters. The van der Waals surface area contributed by atoms with Gasteiger partial charge in [0.1, 0.15) is 0 Å². The van der Waals surface area contributed by atoms with Gasteiger partial charge < -0.3 is 10.2 Å². The largest absolute Gasteiger partial charge is 0.314 e. The van der Waals surface area contributed by atoms with Crippen LogP contribution < -0.4 is 5.32 Å². The Balaban J connectivity index is 4.39. The Kier molecular flexibility index (Phi) is 10.6. The van der Waals surface area contributed by atoms with Crippen LogP contribution in [0.2, 0.25) is 0 Å². The van der Waals surface area contributed by atoms with Crippen molar-refractivity contribution in [1.82, 2.24) is 10.2 Å². The van der Waals surface area contributed by atoms with Crippen LogP contribution in [0.1, 0.15) is 68.2 Å². The molecule has 0 spiro atoms. The van der Waals surface area contributed by atoms with Crippen molar-refractivity contribution >= 4 is 0 Å². The van der Waals surface area contributed by atoms with E-state index in [1.165, 1.54) is 25.9 Å². The summed E-state index contributed by atoms with van der Waals surface area (Å²) >= 11 is 0. The minimum Gasteiger partial charge on any atom is -0.314 e. The molecule has 0 aliphatic heterocycles. The predicted octanol–water partition coefficient (Wildman–Crippen LogP) is 4.40. The molecular formula is C18H40N2. The Morgan fingerprint density at radius 2 is 1.20 bits per heavy atom. The third kappa shape index (κ3) is 9.77. The Bertz CT molecular complexity index is 211. The average Bonchev–Trinajstić information content (AvgIpc) is 2.34. The Morgan fingerprint density at radius 3 is 1.55 bits per heavy atom. The first-order valence-electron chi connectivity index (χ1n) is 8.71. The van der Waals surface area contributed by atoms with Crippen molar-refractivity contribution in [3.63, 3.8) is 0 Å². The van der Waals surface area contributed by atoms with Crippen LogP contribution in [0.5, 0.6) is 0 Å². The molecule has 0 heterocycles. The molecule has 0 aromatic rings. The zero-order chi connectivity index (χ0) is 15.7. The van der Waals surface area contributed by atoms with Crippen LogP contribution in [0.15, 0.2) is 0 Å². The molecular weight excluding hydrogens is 244 g/mol. The Morgan fingerprint density at radius 1 is 0.750 bits per heavy atom. The lowest BCUT2D eigenvalue weighted by atomic mass is 9.99. The van der Waals surface area contributed by atoms with E-state index in [4.69, 9.17) is 0 Å². The smallest absolute Gasteiger partial charge is 0.0105 e. The lowest BCUT2D eigenvalue weighted by Gasteiger charge is -2.34. The fourth-order valence-corrected chi connectivity index (χ4v) is 2.32. The number of rotatable bonds is 11. The van der Waals surface area contributed by atoms with E-state index in [1.807, 2.05) is 0 Å². The first-order valence-corrected chi connectivity index (χ1v) is 8.71. The van der Waals surface area contributed by atoms with Gasteiger partial charge in [-0.2, -0.15) is 0 Å². The van der Waals surface area contributed by atoms with Gasteiger partial charge in [0.05, 0.1) is 0 Å². The van der Waals surface area contributed by atoms with Crippen molar-refractivity contribution in [3.05, 3.63) is 0 Å². The quantitative estimate of drug-likeness (QED) is 0.605. The molecule has 0 aliphatic rings. The van der Waals surface area contributed by atoms with Crippen molar-refractivity contribution in [2.75, 3.05) is 19.6 Å². The van der Waals surface area contributed by atoms with Crippen molar-refractivity contribution < 1.29 is 0 Å². The summed E-state index contributed by atoms with van der Waals surface area (Å²) in [5.41, 5.74) is 0. The van der Waals surface area contributed by atoms with Crippen molar-refractivity contribution in [2.24, 2.45) is 17.8 Å². The minimum atomic E-state index is 0.587. The van der Waals surface area contributed by atoms with Crippen LogP contribution in [0.4, 0.5) is 0 Å². The van der Waals surface area contributed by atoms with Gasteiger partial charge in [0.2, 0.25) is 0 Å².